The van der Waals surface area contributed by atoms with Crippen molar-refractivity contribution in [2.75, 3.05) is 6.61 Å². The number of esters is 1. The van der Waals surface area contributed by atoms with E-state index in [1.807, 2.05) is 12.1 Å². The molecule has 1 N–H and O–H groups in total. The Morgan fingerprint density at radius 2 is 1.86 bits per heavy atom. The largest absolute Gasteiger partial charge is 0.452 e. The lowest BCUT2D eigenvalue weighted by Gasteiger charge is -2.29. The van der Waals surface area contributed by atoms with E-state index in [0.717, 1.165) is 25.7 Å². The van der Waals surface area contributed by atoms with Gasteiger partial charge in [0.25, 0.3) is 5.91 Å². The number of benzene rings is 1. The van der Waals surface area contributed by atoms with Crippen LogP contribution in [-0.2, 0) is 16.0 Å². The standard InChI is InChI=1S/C18H25NO3/c1-3-14-8-10-15(11-9-14)18(21)22-12-17(20)19-16-7-5-4-6-13(16)2/h8-11,13,16H,3-7,12H2,1-2H3,(H,19,20)/t13-,16+/m1/s1. The fourth-order valence-electron chi connectivity index (χ4n) is 2.87. The minimum Gasteiger partial charge on any atom is -0.452 e. The zero-order chi connectivity index (χ0) is 15.9. The summed E-state index contributed by atoms with van der Waals surface area (Å²) >= 11 is 0. The quantitative estimate of drug-likeness (QED) is 0.850. The first kappa shape index (κ1) is 16.5. The molecule has 0 heterocycles. The van der Waals surface area contributed by atoms with Gasteiger partial charge in [-0.1, -0.05) is 38.8 Å². The molecule has 2 atom stereocenters. The van der Waals surface area contributed by atoms with Crippen molar-refractivity contribution in [3.05, 3.63) is 35.4 Å². The molecular formula is C18H25NO3. The molecule has 2 rings (SSSR count). The molecule has 1 saturated carbocycles. The second-order valence-electron chi connectivity index (χ2n) is 6.06. The van der Waals surface area contributed by atoms with Gasteiger partial charge in [0.05, 0.1) is 5.56 Å². The lowest BCUT2D eigenvalue weighted by molar-refractivity contribution is -0.125. The number of ether oxygens (including phenoxy) is 1. The third-order valence-electron chi connectivity index (χ3n) is 4.39. The molecule has 0 bridgehead atoms. The maximum Gasteiger partial charge on any atom is 0.338 e. The molecule has 0 aromatic heterocycles. The van der Waals surface area contributed by atoms with Gasteiger partial charge in [0.2, 0.25) is 0 Å². The van der Waals surface area contributed by atoms with E-state index in [9.17, 15) is 9.59 Å². The molecule has 22 heavy (non-hydrogen) atoms. The smallest absolute Gasteiger partial charge is 0.338 e. The number of hydrogen-bond donors (Lipinski definition) is 1. The Morgan fingerprint density at radius 1 is 1.18 bits per heavy atom. The Bertz CT molecular complexity index is 510. The molecule has 1 aromatic carbocycles. The molecular weight excluding hydrogens is 278 g/mol. The number of nitrogens with one attached hydrogen (secondary N) is 1. The van der Waals surface area contributed by atoms with E-state index in [4.69, 9.17) is 4.74 Å². The van der Waals surface area contributed by atoms with Crippen molar-refractivity contribution in [1.82, 2.24) is 5.32 Å². The average Bonchev–Trinajstić information content (AvgIpc) is 2.55. The normalized spacial score (nSPS) is 21.2. The predicted octanol–water partition coefficient (Wildman–Crippen LogP) is 3.10. The number of carbonyl (C=O) groups excluding carboxylic acids is 2. The van der Waals surface area contributed by atoms with Crippen molar-refractivity contribution < 1.29 is 14.3 Å². The summed E-state index contributed by atoms with van der Waals surface area (Å²) in [6.45, 7) is 4.01. The van der Waals surface area contributed by atoms with Gasteiger partial charge in [-0.05, 0) is 42.9 Å². The first-order valence-corrected chi connectivity index (χ1v) is 8.15. The summed E-state index contributed by atoms with van der Waals surface area (Å²) in [5.74, 6) is -0.165. The van der Waals surface area contributed by atoms with Crippen molar-refractivity contribution in [3.8, 4) is 0 Å². The molecule has 1 aromatic rings. The summed E-state index contributed by atoms with van der Waals surface area (Å²) in [6.07, 6.45) is 5.47. The molecule has 4 heteroatoms. The van der Waals surface area contributed by atoms with Gasteiger partial charge in [0, 0.05) is 6.04 Å². The number of aryl methyl sites for hydroxylation is 1. The average molecular weight is 303 g/mol. The number of rotatable bonds is 5. The zero-order valence-electron chi connectivity index (χ0n) is 13.4. The summed E-state index contributed by atoms with van der Waals surface area (Å²) in [4.78, 5) is 23.8. The minimum atomic E-state index is -0.450. The van der Waals surface area contributed by atoms with Crippen LogP contribution in [0, 0.1) is 5.92 Å². The van der Waals surface area contributed by atoms with Crippen LogP contribution in [0.4, 0.5) is 0 Å². The molecule has 0 unspecified atom stereocenters. The molecule has 1 amide bonds. The molecule has 0 saturated heterocycles. The van der Waals surface area contributed by atoms with Gasteiger partial charge in [-0.25, -0.2) is 4.79 Å². The van der Waals surface area contributed by atoms with Crippen LogP contribution in [0.3, 0.4) is 0 Å². The van der Waals surface area contributed by atoms with Crippen molar-refractivity contribution in [2.24, 2.45) is 5.92 Å². The molecule has 4 nitrogen and oxygen atoms in total. The zero-order valence-corrected chi connectivity index (χ0v) is 13.4. The molecule has 0 spiro atoms. The van der Waals surface area contributed by atoms with Crippen LogP contribution in [0.2, 0.25) is 0 Å². The number of carbonyl (C=O) groups is 2. The monoisotopic (exact) mass is 303 g/mol. The lowest BCUT2D eigenvalue weighted by atomic mass is 9.86. The predicted molar refractivity (Wildman–Crippen MR) is 85.7 cm³/mol. The third kappa shape index (κ3) is 4.58. The maximum atomic E-state index is 11.9. The highest BCUT2D eigenvalue weighted by Crippen LogP contribution is 2.23. The van der Waals surface area contributed by atoms with Crippen molar-refractivity contribution in [2.45, 2.75) is 52.0 Å². The lowest BCUT2D eigenvalue weighted by Crippen LogP contribution is -2.42. The van der Waals surface area contributed by atoms with E-state index in [0.29, 0.717) is 11.5 Å². The Kier molecular flexibility index (Phi) is 5.99. The van der Waals surface area contributed by atoms with Crippen molar-refractivity contribution in [1.29, 1.82) is 0 Å². The van der Waals surface area contributed by atoms with Crippen LogP contribution in [0.1, 0.15) is 55.5 Å². The summed E-state index contributed by atoms with van der Waals surface area (Å²) < 4.78 is 5.09. The van der Waals surface area contributed by atoms with Crippen LogP contribution in [0.5, 0.6) is 0 Å². The molecule has 0 radical (unpaired) electrons. The summed E-state index contributed by atoms with van der Waals surface area (Å²) in [6, 6.07) is 7.49. The van der Waals surface area contributed by atoms with Gasteiger partial charge >= 0.3 is 5.97 Å². The summed E-state index contributed by atoms with van der Waals surface area (Å²) in [5, 5.41) is 2.98. The van der Waals surface area contributed by atoms with Gasteiger partial charge < -0.3 is 10.1 Å². The summed E-state index contributed by atoms with van der Waals surface area (Å²) in [7, 11) is 0. The Hall–Kier alpha value is -1.84. The van der Waals surface area contributed by atoms with Gasteiger partial charge in [0.15, 0.2) is 6.61 Å². The van der Waals surface area contributed by atoms with E-state index in [2.05, 4.69) is 19.2 Å². The van der Waals surface area contributed by atoms with Crippen LogP contribution in [-0.4, -0.2) is 24.5 Å². The number of amides is 1. The number of hydrogen-bond acceptors (Lipinski definition) is 3. The fourth-order valence-corrected chi connectivity index (χ4v) is 2.87. The van der Waals surface area contributed by atoms with Crippen LogP contribution < -0.4 is 5.32 Å². The van der Waals surface area contributed by atoms with Crippen LogP contribution in [0.15, 0.2) is 24.3 Å². The Labute approximate surface area is 132 Å². The van der Waals surface area contributed by atoms with Crippen molar-refractivity contribution >= 4 is 11.9 Å². The van der Waals surface area contributed by atoms with Crippen LogP contribution >= 0.6 is 0 Å². The van der Waals surface area contributed by atoms with Gasteiger partial charge in [-0.3, -0.25) is 4.79 Å². The minimum absolute atomic E-state index is 0.211. The van der Waals surface area contributed by atoms with E-state index in [1.165, 1.54) is 12.0 Å². The molecule has 1 aliphatic carbocycles. The second kappa shape index (κ2) is 7.97. The SMILES string of the molecule is CCc1ccc(C(=O)OCC(=O)N[C@H]2CCCC[C@H]2C)cc1. The van der Waals surface area contributed by atoms with Gasteiger partial charge in [0.1, 0.15) is 0 Å². The third-order valence-corrected chi connectivity index (χ3v) is 4.39. The molecule has 120 valence electrons. The first-order chi connectivity index (χ1) is 10.6. The first-order valence-electron chi connectivity index (χ1n) is 8.15. The topological polar surface area (TPSA) is 55.4 Å². The Balaban J connectivity index is 1.78. The second-order valence-corrected chi connectivity index (χ2v) is 6.06. The highest BCUT2D eigenvalue weighted by atomic mass is 16.5. The van der Waals surface area contributed by atoms with E-state index in [-0.39, 0.29) is 18.6 Å². The van der Waals surface area contributed by atoms with E-state index in [1.54, 1.807) is 12.1 Å². The van der Waals surface area contributed by atoms with Gasteiger partial charge in [-0.2, -0.15) is 0 Å². The van der Waals surface area contributed by atoms with Gasteiger partial charge in [-0.15, -0.1) is 0 Å². The Morgan fingerprint density at radius 3 is 2.50 bits per heavy atom. The van der Waals surface area contributed by atoms with Crippen LogP contribution in [0.25, 0.3) is 0 Å². The van der Waals surface area contributed by atoms with E-state index >= 15 is 0 Å². The molecule has 1 aliphatic rings. The molecule has 1 fully saturated rings. The highest BCUT2D eigenvalue weighted by Gasteiger charge is 2.23. The fraction of sp³-hybridized carbons (Fsp3) is 0.556. The summed E-state index contributed by atoms with van der Waals surface area (Å²) in [5.41, 5.74) is 1.65. The maximum absolute atomic E-state index is 11.9. The highest BCUT2D eigenvalue weighted by molar-refractivity contribution is 5.91. The van der Waals surface area contributed by atoms with E-state index < -0.39 is 5.97 Å². The molecule has 0 aliphatic heterocycles. The van der Waals surface area contributed by atoms with Crippen molar-refractivity contribution in [3.63, 3.8) is 0 Å².